The van der Waals surface area contributed by atoms with E-state index in [9.17, 15) is 47.4 Å². The van der Waals surface area contributed by atoms with E-state index in [1.807, 2.05) is 0 Å². The summed E-state index contributed by atoms with van der Waals surface area (Å²) in [6, 6.07) is 7.15. The van der Waals surface area contributed by atoms with E-state index in [1.54, 1.807) is 0 Å². The third-order valence-corrected chi connectivity index (χ3v) is 11.8. The van der Waals surface area contributed by atoms with E-state index in [4.69, 9.17) is 32.7 Å². The molecule has 3 fully saturated rings. The van der Waals surface area contributed by atoms with E-state index >= 15 is 8.78 Å². The number of fused-ring (bicyclic) bond motifs is 4. The lowest BCUT2D eigenvalue weighted by Gasteiger charge is -2.51. The first kappa shape index (κ1) is 36.2. The summed E-state index contributed by atoms with van der Waals surface area (Å²) < 4.78 is 84.8. The maximum Gasteiger partial charge on any atom is 0.335 e. The van der Waals surface area contributed by atoms with Gasteiger partial charge in [-0.05, 0) is 37.0 Å². The molecule has 0 radical (unpaired) electrons. The van der Waals surface area contributed by atoms with Gasteiger partial charge in [0.15, 0.2) is 33.0 Å². The Balaban J connectivity index is 1.47. The summed E-state index contributed by atoms with van der Waals surface area (Å²) in [6.45, 7) is 0. The maximum atomic E-state index is 15.3. The number of nitrogens with zero attached hydrogens (tertiary/aromatic N) is 2. The number of carboxylic acid groups (broad SMARTS) is 1. The minimum Gasteiger partial charge on any atom is -0.508 e. The Hall–Kier alpha value is -5.22. The number of benzene rings is 3. The molecule has 0 spiro atoms. The topological polar surface area (TPSA) is 151 Å². The van der Waals surface area contributed by atoms with Crippen LogP contribution in [0.5, 0.6) is 17.2 Å². The van der Waals surface area contributed by atoms with Crippen LogP contribution in [0.4, 0.5) is 33.3 Å². The molecule has 4 aliphatic rings. The van der Waals surface area contributed by atoms with Crippen molar-refractivity contribution in [3.05, 3.63) is 88.3 Å². The molecule has 2 saturated heterocycles. The molecule has 2 aliphatic carbocycles. The van der Waals surface area contributed by atoms with Crippen LogP contribution in [0.25, 0.3) is 0 Å². The SMILES string of the molecule is COc1cc(O)cc(OC)c1C1C2=CCC3C(=O)N(c4cccc(C(=O)O)c4)C(=O)C3C2CC2(Cl)C(=O)N(c3c(F)c(F)c(F)c(F)c3F)C(=O)C12Cl. The minimum atomic E-state index is -2.88. The van der Waals surface area contributed by atoms with Crippen LogP contribution in [0.15, 0.2) is 48.0 Å². The molecule has 53 heavy (non-hydrogen) atoms. The third-order valence-electron chi connectivity index (χ3n) is 10.4. The number of aromatic carboxylic acids is 1. The van der Waals surface area contributed by atoms with Crippen LogP contribution in [0.2, 0.25) is 0 Å². The van der Waals surface area contributed by atoms with Gasteiger partial charge in [0.05, 0.1) is 37.3 Å². The number of carbonyl (C=O) groups excluding carboxylic acids is 4. The van der Waals surface area contributed by atoms with E-state index in [2.05, 4.69) is 0 Å². The molecule has 4 amide bonds. The maximum absolute atomic E-state index is 15.3. The number of halogens is 7. The number of imide groups is 2. The number of rotatable bonds is 6. The zero-order chi connectivity index (χ0) is 38.6. The normalized spacial score (nSPS) is 27.8. The number of ether oxygens (including phenoxy) is 2. The van der Waals surface area contributed by atoms with Gasteiger partial charge >= 0.3 is 5.97 Å². The number of phenolic OH excluding ortho intramolecular Hbond substituents is 1. The van der Waals surface area contributed by atoms with Crippen molar-refractivity contribution in [1.82, 2.24) is 0 Å². The van der Waals surface area contributed by atoms with Crippen molar-refractivity contribution >= 4 is 64.2 Å². The lowest BCUT2D eigenvalue weighted by molar-refractivity contribution is -0.125. The van der Waals surface area contributed by atoms with Crippen LogP contribution >= 0.6 is 23.2 Å². The quantitative estimate of drug-likeness (QED) is 0.0818. The summed E-state index contributed by atoms with van der Waals surface area (Å²) in [6.07, 6.45) is 0.508. The van der Waals surface area contributed by atoms with Crippen LogP contribution < -0.4 is 19.3 Å². The van der Waals surface area contributed by atoms with Crippen molar-refractivity contribution < 1.29 is 65.6 Å². The van der Waals surface area contributed by atoms with Crippen molar-refractivity contribution in [3.8, 4) is 17.2 Å². The molecule has 276 valence electrons. The zero-order valence-electron chi connectivity index (χ0n) is 27.1. The smallest absolute Gasteiger partial charge is 0.335 e. The van der Waals surface area contributed by atoms with Crippen LogP contribution in [-0.4, -0.2) is 63.8 Å². The van der Waals surface area contributed by atoms with Crippen LogP contribution in [0.1, 0.15) is 34.7 Å². The summed E-state index contributed by atoms with van der Waals surface area (Å²) in [5, 5.41) is 20.0. The molecular formula is C35H23Cl2F5N2O9. The number of phenols is 1. The average Bonchev–Trinajstić information content (AvgIpc) is 3.47. The molecule has 6 unspecified atom stereocenters. The van der Waals surface area contributed by atoms with E-state index in [0.717, 1.165) is 37.3 Å². The third kappa shape index (κ3) is 4.67. The van der Waals surface area contributed by atoms with Crippen LogP contribution in [0.3, 0.4) is 0 Å². The molecule has 3 aromatic rings. The number of allylic oxidation sites excluding steroid dienone is 2. The summed E-state index contributed by atoms with van der Waals surface area (Å²) in [7, 11) is 2.31. The van der Waals surface area contributed by atoms with Gasteiger partial charge in [0.1, 0.15) is 22.9 Å². The number of carboxylic acids is 1. The molecule has 2 aliphatic heterocycles. The Kier molecular flexibility index (Phi) is 8.30. The number of carbonyl (C=O) groups is 5. The van der Waals surface area contributed by atoms with Gasteiger partial charge in [0, 0.05) is 23.6 Å². The van der Waals surface area contributed by atoms with Gasteiger partial charge in [-0.1, -0.05) is 17.7 Å². The highest BCUT2D eigenvalue weighted by Gasteiger charge is 2.77. The molecular weight excluding hydrogens is 758 g/mol. The zero-order valence-corrected chi connectivity index (χ0v) is 28.6. The van der Waals surface area contributed by atoms with Gasteiger partial charge in [0.2, 0.25) is 17.6 Å². The highest BCUT2D eigenvalue weighted by Crippen LogP contribution is 2.68. The number of hydrogen-bond donors (Lipinski definition) is 2. The van der Waals surface area contributed by atoms with E-state index < -0.39 is 110 Å². The van der Waals surface area contributed by atoms with Crippen molar-refractivity contribution in [3.63, 3.8) is 0 Å². The fourth-order valence-electron chi connectivity index (χ4n) is 8.13. The Morgan fingerprint density at radius 1 is 0.830 bits per heavy atom. The molecule has 1 saturated carbocycles. The Bertz CT molecular complexity index is 2200. The van der Waals surface area contributed by atoms with E-state index in [1.165, 1.54) is 24.3 Å². The van der Waals surface area contributed by atoms with Crippen molar-refractivity contribution in [1.29, 1.82) is 0 Å². The minimum absolute atomic E-state index is 0.0815. The highest BCUT2D eigenvalue weighted by atomic mass is 35.5. The van der Waals surface area contributed by atoms with Crippen molar-refractivity contribution in [2.75, 3.05) is 24.0 Å². The molecule has 0 aromatic heterocycles. The fraction of sp³-hybridized carbons (Fsp3) is 0.286. The Morgan fingerprint density at radius 2 is 1.42 bits per heavy atom. The van der Waals surface area contributed by atoms with Gasteiger partial charge in [-0.3, -0.25) is 24.1 Å². The molecule has 11 nitrogen and oxygen atoms in total. The largest absolute Gasteiger partial charge is 0.508 e. The molecule has 3 aromatic carbocycles. The fourth-order valence-corrected chi connectivity index (χ4v) is 9.04. The number of amides is 4. The highest BCUT2D eigenvalue weighted by molar-refractivity contribution is 6.58. The first-order valence-corrected chi connectivity index (χ1v) is 16.4. The number of methoxy groups -OCH3 is 2. The molecule has 2 heterocycles. The average molecular weight is 781 g/mol. The van der Waals surface area contributed by atoms with Gasteiger partial charge in [-0.15, -0.1) is 23.2 Å². The lowest BCUT2D eigenvalue weighted by atomic mass is 9.56. The van der Waals surface area contributed by atoms with Gasteiger partial charge < -0.3 is 19.7 Å². The second-order valence-corrected chi connectivity index (χ2v) is 14.1. The lowest BCUT2D eigenvalue weighted by Crippen LogP contribution is -2.60. The number of hydrogen-bond acceptors (Lipinski definition) is 8. The second kappa shape index (κ2) is 12.2. The Labute approximate surface area is 305 Å². The standard InChI is InChI=1S/C35H23Cl2F5N2O9/c1-52-18-9-14(45)10-19(53-2)21(18)22-15-6-7-16-20(30(47)43(29(16)46)13-5-3-4-12(8-13)31(48)49)17(15)11-34(36)32(50)44(33(51)35(22,34)37)28-26(41)24(39)23(38)25(40)27(28)42/h3-6,8-10,16-17,20,22,45H,7,11H2,1-2H3,(H,48,49). The van der Waals surface area contributed by atoms with Gasteiger partial charge in [-0.25, -0.2) is 31.6 Å². The predicted molar refractivity (Wildman–Crippen MR) is 174 cm³/mol. The number of alkyl halides is 2. The van der Waals surface area contributed by atoms with Crippen molar-refractivity contribution in [2.24, 2.45) is 17.8 Å². The van der Waals surface area contributed by atoms with Gasteiger partial charge in [-0.2, -0.15) is 0 Å². The van der Waals surface area contributed by atoms with Crippen LogP contribution in [-0.2, 0) is 19.2 Å². The first-order valence-electron chi connectivity index (χ1n) is 15.6. The molecule has 0 bridgehead atoms. The van der Waals surface area contributed by atoms with Crippen LogP contribution in [0, 0.1) is 46.8 Å². The molecule has 18 heteroatoms. The molecule has 2 N–H and O–H groups in total. The predicted octanol–water partition coefficient (Wildman–Crippen LogP) is 5.57. The van der Waals surface area contributed by atoms with Gasteiger partial charge in [0.25, 0.3) is 11.8 Å². The molecule has 6 atom stereocenters. The Morgan fingerprint density at radius 3 is 1.98 bits per heavy atom. The van der Waals surface area contributed by atoms with E-state index in [-0.39, 0.29) is 45.2 Å². The number of anilines is 2. The monoisotopic (exact) mass is 780 g/mol. The summed E-state index contributed by atoms with van der Waals surface area (Å²) in [5.41, 5.74) is -2.33. The van der Waals surface area contributed by atoms with E-state index in [0.29, 0.717) is 0 Å². The molecule has 7 rings (SSSR count). The summed E-state index contributed by atoms with van der Waals surface area (Å²) in [4.78, 5) is 63.6. The number of aromatic hydroxyl groups is 1. The summed E-state index contributed by atoms with van der Waals surface area (Å²) in [5.74, 6) is -25.3. The van der Waals surface area contributed by atoms with Crippen molar-refractivity contribution in [2.45, 2.75) is 28.5 Å². The summed E-state index contributed by atoms with van der Waals surface area (Å²) >= 11 is 14.3. The first-order chi connectivity index (χ1) is 25.0. The second-order valence-electron chi connectivity index (χ2n) is 12.8.